The summed E-state index contributed by atoms with van der Waals surface area (Å²) in [4.78, 5) is 29.7. The zero-order valence-electron chi connectivity index (χ0n) is 19.4. The maximum atomic E-state index is 12.3. The van der Waals surface area contributed by atoms with Crippen molar-refractivity contribution in [1.82, 2.24) is 5.32 Å². The average Bonchev–Trinajstić information content (AvgIpc) is 3.40. The molecule has 1 N–H and O–H groups in total. The lowest BCUT2D eigenvalue weighted by atomic mass is 9.46. The average molecular weight is 427 g/mol. The first-order valence-electron chi connectivity index (χ1n) is 12.6. The summed E-state index contributed by atoms with van der Waals surface area (Å²) in [5, 5.41) is 7.55. The molecule has 5 aliphatic rings. The SMILES string of the molecule is C/C(=N\OC(=O)[C@@H]1CCCN1)[C@H]1CC[C@H]2C3CCC4=CC(=O)CC[C@]4(C)C3CC[C@]12C. The maximum Gasteiger partial charge on any atom is 0.351 e. The molecule has 31 heavy (non-hydrogen) atoms. The van der Waals surface area contributed by atoms with Crippen LogP contribution in [0.25, 0.3) is 0 Å². The minimum atomic E-state index is -0.230. The summed E-state index contributed by atoms with van der Waals surface area (Å²) >= 11 is 0. The number of nitrogens with zero attached hydrogens (tertiary/aromatic N) is 1. The Morgan fingerprint density at radius 1 is 1.10 bits per heavy atom. The number of carbonyl (C=O) groups excluding carboxylic acids is 2. The van der Waals surface area contributed by atoms with Crippen molar-refractivity contribution < 1.29 is 14.4 Å². The third kappa shape index (κ3) is 3.42. The molecule has 0 aromatic carbocycles. The Balaban J connectivity index is 1.32. The van der Waals surface area contributed by atoms with Crippen LogP contribution >= 0.6 is 0 Å². The summed E-state index contributed by atoms with van der Waals surface area (Å²) in [6.45, 7) is 7.87. The third-order valence-corrected chi connectivity index (χ3v) is 10.1. The van der Waals surface area contributed by atoms with Gasteiger partial charge in [0.15, 0.2) is 5.78 Å². The highest BCUT2D eigenvalue weighted by atomic mass is 16.7. The number of rotatable bonds is 3. The molecule has 0 amide bonds. The molecular weight excluding hydrogens is 388 g/mol. The van der Waals surface area contributed by atoms with Crippen LogP contribution in [0.3, 0.4) is 0 Å². The van der Waals surface area contributed by atoms with Gasteiger partial charge in [0.1, 0.15) is 6.04 Å². The van der Waals surface area contributed by atoms with Crippen molar-refractivity contribution in [2.75, 3.05) is 6.54 Å². The van der Waals surface area contributed by atoms with Crippen molar-refractivity contribution in [3.63, 3.8) is 0 Å². The Morgan fingerprint density at radius 3 is 2.71 bits per heavy atom. The monoisotopic (exact) mass is 426 g/mol. The number of allylic oxidation sites excluding steroid dienone is 1. The van der Waals surface area contributed by atoms with E-state index in [0.717, 1.165) is 56.7 Å². The quantitative estimate of drug-likeness (QED) is 0.400. The van der Waals surface area contributed by atoms with Crippen LogP contribution in [0.1, 0.15) is 85.0 Å². The summed E-state index contributed by atoms with van der Waals surface area (Å²) in [5.41, 5.74) is 2.91. The first-order chi connectivity index (χ1) is 14.8. The number of ketones is 1. The summed E-state index contributed by atoms with van der Waals surface area (Å²) in [7, 11) is 0. The van der Waals surface area contributed by atoms with Gasteiger partial charge in [0, 0.05) is 12.3 Å². The van der Waals surface area contributed by atoms with Gasteiger partial charge in [0.25, 0.3) is 0 Å². The minimum absolute atomic E-state index is 0.188. The normalized spacial score (nSPS) is 44.9. The second-order valence-corrected chi connectivity index (χ2v) is 11.4. The molecule has 2 unspecified atom stereocenters. The molecular formula is C26H38N2O3. The number of nitrogens with one attached hydrogen (secondary N) is 1. The van der Waals surface area contributed by atoms with E-state index in [1.165, 1.54) is 31.3 Å². The fourth-order valence-electron chi connectivity index (χ4n) is 8.38. The minimum Gasteiger partial charge on any atom is -0.317 e. The number of carbonyl (C=O) groups is 2. The lowest BCUT2D eigenvalue weighted by molar-refractivity contribution is -0.145. The van der Waals surface area contributed by atoms with Crippen molar-refractivity contribution in [3.8, 4) is 0 Å². The highest BCUT2D eigenvalue weighted by Crippen LogP contribution is 2.66. The van der Waals surface area contributed by atoms with E-state index in [1.807, 2.05) is 6.08 Å². The van der Waals surface area contributed by atoms with Crippen molar-refractivity contribution >= 4 is 17.5 Å². The van der Waals surface area contributed by atoms with Crippen LogP contribution < -0.4 is 5.32 Å². The number of fused-ring (bicyclic) bond motifs is 5. The van der Waals surface area contributed by atoms with Gasteiger partial charge in [-0.05, 0) is 106 Å². The van der Waals surface area contributed by atoms with Gasteiger partial charge in [-0.3, -0.25) is 4.79 Å². The van der Waals surface area contributed by atoms with E-state index in [2.05, 4.69) is 31.2 Å². The van der Waals surface area contributed by atoms with Gasteiger partial charge in [-0.25, -0.2) is 4.79 Å². The van der Waals surface area contributed by atoms with E-state index in [0.29, 0.717) is 23.5 Å². The molecule has 5 heteroatoms. The summed E-state index contributed by atoms with van der Waals surface area (Å²) < 4.78 is 0. The van der Waals surface area contributed by atoms with Crippen LogP contribution in [0.15, 0.2) is 16.8 Å². The predicted molar refractivity (Wildman–Crippen MR) is 120 cm³/mol. The summed E-state index contributed by atoms with van der Waals surface area (Å²) in [6.07, 6.45) is 12.8. The van der Waals surface area contributed by atoms with Crippen LogP contribution in [0.5, 0.6) is 0 Å². The van der Waals surface area contributed by atoms with E-state index < -0.39 is 0 Å². The van der Waals surface area contributed by atoms with Crippen molar-refractivity contribution in [2.24, 2.45) is 39.7 Å². The van der Waals surface area contributed by atoms with Crippen molar-refractivity contribution in [3.05, 3.63) is 11.6 Å². The van der Waals surface area contributed by atoms with E-state index in [-0.39, 0.29) is 22.8 Å². The second kappa shape index (κ2) is 7.83. The molecule has 1 saturated heterocycles. The Bertz CT molecular complexity index is 827. The van der Waals surface area contributed by atoms with Crippen LogP contribution in [-0.4, -0.2) is 30.1 Å². The van der Waals surface area contributed by atoms with Gasteiger partial charge in [0.2, 0.25) is 0 Å². The molecule has 0 spiro atoms. The van der Waals surface area contributed by atoms with E-state index in [1.54, 1.807) is 0 Å². The van der Waals surface area contributed by atoms with E-state index in [9.17, 15) is 9.59 Å². The molecule has 5 rings (SSSR count). The smallest absolute Gasteiger partial charge is 0.317 e. The zero-order chi connectivity index (χ0) is 21.8. The van der Waals surface area contributed by atoms with Gasteiger partial charge in [-0.15, -0.1) is 0 Å². The topological polar surface area (TPSA) is 67.8 Å². The van der Waals surface area contributed by atoms with Gasteiger partial charge >= 0.3 is 5.97 Å². The molecule has 0 aromatic heterocycles. The molecule has 5 nitrogen and oxygen atoms in total. The van der Waals surface area contributed by atoms with Gasteiger partial charge < -0.3 is 10.2 Å². The van der Waals surface area contributed by atoms with Crippen LogP contribution in [0.4, 0.5) is 0 Å². The number of hydrogen-bond acceptors (Lipinski definition) is 5. The molecule has 0 aromatic rings. The molecule has 4 fully saturated rings. The standard InChI is InChI=1S/C26H38N2O3/c1-16(28-31-24(30)23-5-4-14-27-23)20-8-9-21-19-7-6-17-15-18(29)10-12-25(17,2)22(19)11-13-26(20,21)3/h15,19-23,27H,4-14H2,1-3H3/b28-16+/t19?,20-,21+,22?,23+,25+,26-/m1/s1. The fraction of sp³-hybridized carbons (Fsp3) is 0.808. The lowest BCUT2D eigenvalue weighted by Crippen LogP contribution is -2.51. The third-order valence-electron chi connectivity index (χ3n) is 10.1. The number of oxime groups is 1. The molecule has 0 bridgehead atoms. The van der Waals surface area contributed by atoms with Crippen LogP contribution in [0.2, 0.25) is 0 Å². The van der Waals surface area contributed by atoms with Gasteiger partial charge in [-0.2, -0.15) is 0 Å². The van der Waals surface area contributed by atoms with Crippen LogP contribution in [0, 0.1) is 34.5 Å². The summed E-state index contributed by atoms with van der Waals surface area (Å²) in [5.74, 6) is 2.68. The molecule has 3 saturated carbocycles. The van der Waals surface area contributed by atoms with Gasteiger partial charge in [-0.1, -0.05) is 24.6 Å². The number of hydrogen-bond donors (Lipinski definition) is 1. The van der Waals surface area contributed by atoms with Crippen molar-refractivity contribution in [1.29, 1.82) is 0 Å². The summed E-state index contributed by atoms with van der Waals surface area (Å²) in [6, 6.07) is -0.188. The zero-order valence-corrected chi connectivity index (χ0v) is 19.4. The largest absolute Gasteiger partial charge is 0.351 e. The second-order valence-electron chi connectivity index (χ2n) is 11.4. The Labute approximate surface area is 186 Å². The molecule has 7 atom stereocenters. The van der Waals surface area contributed by atoms with Gasteiger partial charge in [0.05, 0.1) is 5.71 Å². The fourth-order valence-corrected chi connectivity index (χ4v) is 8.38. The molecule has 170 valence electrons. The molecule has 0 radical (unpaired) electrons. The Hall–Kier alpha value is -1.49. The maximum absolute atomic E-state index is 12.3. The lowest BCUT2D eigenvalue weighted by Gasteiger charge is -2.58. The molecule has 1 heterocycles. The van der Waals surface area contributed by atoms with Crippen LogP contribution in [-0.2, 0) is 14.4 Å². The first-order valence-corrected chi connectivity index (χ1v) is 12.6. The highest BCUT2D eigenvalue weighted by Gasteiger charge is 2.59. The Morgan fingerprint density at radius 2 is 1.94 bits per heavy atom. The molecule has 1 aliphatic heterocycles. The first kappa shape index (κ1) is 21.4. The van der Waals surface area contributed by atoms with E-state index in [4.69, 9.17) is 4.84 Å². The van der Waals surface area contributed by atoms with E-state index >= 15 is 0 Å². The molecule has 4 aliphatic carbocycles. The predicted octanol–water partition coefficient (Wildman–Crippen LogP) is 4.81. The highest BCUT2D eigenvalue weighted by molar-refractivity contribution is 5.91. The Kier molecular flexibility index (Phi) is 5.39. The van der Waals surface area contributed by atoms with Crippen molar-refractivity contribution in [2.45, 2.75) is 91.0 Å².